The number of ether oxygens (including phenoxy) is 1. The topological polar surface area (TPSA) is 99.8 Å². The Balaban J connectivity index is 1.53. The van der Waals surface area contributed by atoms with E-state index in [2.05, 4.69) is 4.40 Å². The minimum atomic E-state index is -3.74. The van der Waals surface area contributed by atoms with Crippen LogP contribution in [0.4, 0.5) is 0 Å². The second kappa shape index (κ2) is 7.09. The van der Waals surface area contributed by atoms with Gasteiger partial charge in [-0.25, -0.2) is 4.79 Å². The number of amidine groups is 1. The molecule has 0 radical (unpaired) electrons. The van der Waals surface area contributed by atoms with Crippen LogP contribution in [-0.2, 0) is 26.2 Å². The molecule has 4 rings (SSSR count). The Hall–Kier alpha value is -3.18. The quantitative estimate of drug-likeness (QED) is 0.739. The zero-order chi connectivity index (χ0) is 19.7. The van der Waals surface area contributed by atoms with E-state index in [-0.39, 0.29) is 11.5 Å². The molecule has 2 aliphatic heterocycles. The first-order valence-electron chi connectivity index (χ1n) is 8.86. The van der Waals surface area contributed by atoms with Crippen LogP contribution < -0.4 is 0 Å². The van der Waals surface area contributed by atoms with E-state index in [4.69, 9.17) is 10.00 Å². The number of carbonyl (C=O) groups excluding carboxylic acids is 1. The number of likely N-dealkylation sites (tertiary alicyclic amines) is 1. The molecule has 28 heavy (non-hydrogen) atoms. The summed E-state index contributed by atoms with van der Waals surface area (Å²) in [5, 5.41) is 8.96. The molecule has 0 saturated carbocycles. The van der Waals surface area contributed by atoms with Gasteiger partial charge in [0, 0.05) is 12.1 Å². The molecule has 2 aromatic carbocycles. The normalized spacial score (nSPS) is 19.6. The molecule has 0 amide bonds. The largest absolute Gasteiger partial charge is 0.459 e. The lowest BCUT2D eigenvalue weighted by atomic mass is 10.1. The zero-order valence-electron chi connectivity index (χ0n) is 14.9. The third-order valence-electron chi connectivity index (χ3n) is 4.85. The lowest BCUT2D eigenvalue weighted by molar-refractivity contribution is -0.149. The van der Waals surface area contributed by atoms with Gasteiger partial charge in [0.05, 0.1) is 11.6 Å². The lowest BCUT2D eigenvalue weighted by Crippen LogP contribution is -2.41. The SMILES string of the molecule is N#Cc1cccc(COC(=O)[C@@H]2CCCN2C2=NS(=O)(=O)c3ccccc32)c1. The number of hydrogen-bond donors (Lipinski definition) is 0. The van der Waals surface area contributed by atoms with Crippen molar-refractivity contribution in [3.8, 4) is 6.07 Å². The molecule has 1 fully saturated rings. The minimum absolute atomic E-state index is 0.0556. The highest BCUT2D eigenvalue weighted by atomic mass is 32.2. The summed E-state index contributed by atoms with van der Waals surface area (Å²) in [4.78, 5) is 14.6. The van der Waals surface area contributed by atoms with Gasteiger partial charge in [-0.15, -0.1) is 4.40 Å². The molecule has 0 bridgehead atoms. The van der Waals surface area contributed by atoms with E-state index in [1.807, 2.05) is 6.07 Å². The van der Waals surface area contributed by atoms with Crippen molar-refractivity contribution < 1.29 is 17.9 Å². The summed E-state index contributed by atoms with van der Waals surface area (Å²) in [7, 11) is -3.74. The lowest BCUT2D eigenvalue weighted by Gasteiger charge is -2.25. The van der Waals surface area contributed by atoms with E-state index < -0.39 is 22.0 Å². The van der Waals surface area contributed by atoms with Crippen LogP contribution >= 0.6 is 0 Å². The number of nitrogens with zero attached hydrogens (tertiary/aromatic N) is 3. The molecule has 0 aliphatic carbocycles. The highest BCUT2D eigenvalue weighted by Crippen LogP contribution is 2.31. The van der Waals surface area contributed by atoms with Crippen molar-refractivity contribution in [2.45, 2.75) is 30.4 Å². The van der Waals surface area contributed by atoms with Crippen molar-refractivity contribution in [3.63, 3.8) is 0 Å². The van der Waals surface area contributed by atoms with Gasteiger partial charge >= 0.3 is 5.97 Å². The minimum Gasteiger partial charge on any atom is -0.459 e. The molecule has 142 valence electrons. The summed E-state index contributed by atoms with van der Waals surface area (Å²) in [6, 6.07) is 15.0. The summed E-state index contributed by atoms with van der Waals surface area (Å²) in [5.41, 5.74) is 1.74. The van der Waals surface area contributed by atoms with Gasteiger partial charge < -0.3 is 9.64 Å². The zero-order valence-corrected chi connectivity index (χ0v) is 15.7. The summed E-state index contributed by atoms with van der Waals surface area (Å²) < 4.78 is 34.0. The number of sulfonamides is 1. The third kappa shape index (κ3) is 3.25. The molecule has 0 spiro atoms. The average molecular weight is 395 g/mol. The number of esters is 1. The first-order valence-corrected chi connectivity index (χ1v) is 10.3. The van der Waals surface area contributed by atoms with Gasteiger partial charge in [-0.1, -0.05) is 24.3 Å². The molecular formula is C20H17N3O4S. The fourth-order valence-corrected chi connectivity index (χ4v) is 4.76. The van der Waals surface area contributed by atoms with Gasteiger partial charge in [0.2, 0.25) is 0 Å². The second-order valence-corrected chi connectivity index (χ2v) is 8.23. The van der Waals surface area contributed by atoms with Crippen LogP contribution in [0.15, 0.2) is 57.8 Å². The van der Waals surface area contributed by atoms with Gasteiger partial charge in [0.25, 0.3) is 10.0 Å². The fourth-order valence-electron chi connectivity index (χ4n) is 3.54. The fraction of sp³-hybridized carbons (Fsp3) is 0.250. The van der Waals surface area contributed by atoms with Crippen LogP contribution in [0, 0.1) is 11.3 Å². The number of hydrogen-bond acceptors (Lipinski definition) is 6. The summed E-state index contributed by atoms with van der Waals surface area (Å²) in [6.07, 6.45) is 1.31. The maximum absolute atomic E-state index is 12.7. The van der Waals surface area contributed by atoms with Crippen molar-refractivity contribution in [2.75, 3.05) is 6.54 Å². The number of benzene rings is 2. The predicted octanol–water partition coefficient (Wildman–Crippen LogP) is 2.21. The van der Waals surface area contributed by atoms with Gasteiger partial charge in [-0.2, -0.15) is 13.7 Å². The van der Waals surface area contributed by atoms with Crippen molar-refractivity contribution in [3.05, 3.63) is 65.2 Å². The second-order valence-electron chi connectivity index (χ2n) is 6.66. The van der Waals surface area contributed by atoms with E-state index in [1.54, 1.807) is 47.4 Å². The first-order chi connectivity index (χ1) is 13.5. The standard InChI is InChI=1S/C20H17N3O4S/c21-12-14-5-3-6-15(11-14)13-27-20(24)17-8-4-10-23(17)19-16-7-1-2-9-18(16)28(25,26)22-19/h1-3,5-7,9,11,17H,4,8,10,13H2/t17-/m0/s1. The Morgan fingerprint density at radius 2 is 2.07 bits per heavy atom. The number of carbonyl (C=O) groups is 1. The third-order valence-corrected chi connectivity index (χ3v) is 6.17. The Kier molecular flexibility index (Phi) is 4.61. The Labute approximate surface area is 162 Å². The molecule has 7 nitrogen and oxygen atoms in total. The van der Waals surface area contributed by atoms with E-state index >= 15 is 0 Å². The van der Waals surface area contributed by atoms with Crippen molar-refractivity contribution in [1.82, 2.24) is 4.90 Å². The number of rotatable bonds is 3. The van der Waals surface area contributed by atoms with Crippen LogP contribution in [0.25, 0.3) is 0 Å². The number of fused-ring (bicyclic) bond motifs is 1. The molecule has 8 heteroatoms. The predicted molar refractivity (Wildman–Crippen MR) is 101 cm³/mol. The van der Waals surface area contributed by atoms with Crippen LogP contribution in [-0.4, -0.2) is 37.7 Å². The smallest absolute Gasteiger partial charge is 0.329 e. The van der Waals surface area contributed by atoms with Gasteiger partial charge in [-0.3, -0.25) is 0 Å². The van der Waals surface area contributed by atoms with Crippen molar-refractivity contribution in [1.29, 1.82) is 5.26 Å². The van der Waals surface area contributed by atoms with Crippen LogP contribution in [0.2, 0.25) is 0 Å². The highest BCUT2D eigenvalue weighted by Gasteiger charge is 2.39. The molecule has 1 saturated heterocycles. The summed E-state index contributed by atoms with van der Waals surface area (Å²) in [5.74, 6) is -0.120. The van der Waals surface area contributed by atoms with Crippen LogP contribution in [0.1, 0.15) is 29.5 Å². The maximum atomic E-state index is 12.7. The number of nitriles is 1. The maximum Gasteiger partial charge on any atom is 0.329 e. The molecule has 0 N–H and O–H groups in total. The van der Waals surface area contributed by atoms with Crippen LogP contribution in [0.3, 0.4) is 0 Å². The Morgan fingerprint density at radius 3 is 2.89 bits per heavy atom. The Bertz CT molecular complexity index is 1120. The summed E-state index contributed by atoms with van der Waals surface area (Å²) >= 11 is 0. The van der Waals surface area contributed by atoms with Crippen LogP contribution in [0.5, 0.6) is 0 Å². The van der Waals surface area contributed by atoms with E-state index in [0.29, 0.717) is 29.9 Å². The Morgan fingerprint density at radius 1 is 1.25 bits per heavy atom. The average Bonchev–Trinajstić information content (AvgIpc) is 3.29. The summed E-state index contributed by atoms with van der Waals surface area (Å²) in [6.45, 7) is 0.590. The van der Waals surface area contributed by atoms with Crippen molar-refractivity contribution >= 4 is 21.8 Å². The molecule has 2 heterocycles. The molecule has 0 unspecified atom stereocenters. The monoisotopic (exact) mass is 395 g/mol. The molecule has 0 aromatic heterocycles. The highest BCUT2D eigenvalue weighted by molar-refractivity contribution is 7.90. The molecule has 2 aliphatic rings. The molecule has 1 atom stereocenters. The van der Waals surface area contributed by atoms with E-state index in [1.165, 1.54) is 6.07 Å². The van der Waals surface area contributed by atoms with Gasteiger partial charge in [-0.05, 0) is 42.7 Å². The van der Waals surface area contributed by atoms with Crippen molar-refractivity contribution in [2.24, 2.45) is 4.40 Å². The van der Waals surface area contributed by atoms with Gasteiger partial charge in [0.1, 0.15) is 17.5 Å². The molecular weight excluding hydrogens is 378 g/mol. The van der Waals surface area contributed by atoms with E-state index in [0.717, 1.165) is 12.0 Å². The van der Waals surface area contributed by atoms with E-state index in [9.17, 15) is 13.2 Å². The van der Waals surface area contributed by atoms with Gasteiger partial charge in [0.15, 0.2) is 5.84 Å². The first kappa shape index (κ1) is 18.2. The molecule has 2 aromatic rings.